The first kappa shape index (κ1) is 14.7. The third kappa shape index (κ3) is 3.34. The monoisotopic (exact) mass is 273 g/mol. The maximum Gasteiger partial charge on any atom is 0.238 e. The van der Waals surface area contributed by atoms with Crippen LogP contribution in [-0.4, -0.2) is 25.7 Å². The summed E-state index contributed by atoms with van der Waals surface area (Å²) in [5, 5.41) is 17.4. The van der Waals surface area contributed by atoms with Gasteiger partial charge in [0, 0.05) is 0 Å². The summed E-state index contributed by atoms with van der Waals surface area (Å²) >= 11 is 0. The lowest BCUT2D eigenvalue weighted by molar-refractivity contribution is 0.219. The summed E-state index contributed by atoms with van der Waals surface area (Å²) < 4.78 is 22.3. The number of primary sulfonamides is 1. The first-order valence-electron chi connectivity index (χ1n) is 5.53. The van der Waals surface area contributed by atoms with Crippen molar-refractivity contribution in [2.24, 2.45) is 5.14 Å². The van der Waals surface area contributed by atoms with Crippen molar-refractivity contribution in [3.05, 3.63) is 18.2 Å². The minimum atomic E-state index is -3.75. The number of aliphatic hydroxyl groups is 1. The fourth-order valence-electron chi connectivity index (χ4n) is 1.40. The van der Waals surface area contributed by atoms with E-state index >= 15 is 0 Å². The zero-order chi connectivity index (χ0) is 14.0. The molecule has 1 atom stereocenters. The van der Waals surface area contributed by atoms with Gasteiger partial charge in [-0.3, -0.25) is 0 Å². The lowest BCUT2D eigenvalue weighted by Gasteiger charge is -2.29. The molecule has 1 unspecified atom stereocenters. The molecule has 1 rings (SSSR count). The SMILES string of the molecule is CCC(C)(CO)Nc1ccc(S(N)(=O)=O)cc1N. The van der Waals surface area contributed by atoms with E-state index in [0.717, 1.165) is 0 Å². The van der Waals surface area contributed by atoms with Crippen LogP contribution in [0.2, 0.25) is 0 Å². The molecule has 0 spiro atoms. The van der Waals surface area contributed by atoms with Crippen LogP contribution in [-0.2, 0) is 10.0 Å². The highest BCUT2D eigenvalue weighted by Crippen LogP contribution is 2.26. The average Bonchev–Trinajstić information content (AvgIpc) is 2.30. The normalized spacial score (nSPS) is 15.1. The molecular weight excluding hydrogens is 254 g/mol. The topological polar surface area (TPSA) is 118 Å². The van der Waals surface area contributed by atoms with Crippen molar-refractivity contribution in [2.45, 2.75) is 30.7 Å². The molecule has 0 aliphatic heterocycles. The van der Waals surface area contributed by atoms with Crippen molar-refractivity contribution in [1.29, 1.82) is 0 Å². The van der Waals surface area contributed by atoms with Gasteiger partial charge in [-0.25, -0.2) is 13.6 Å². The summed E-state index contributed by atoms with van der Waals surface area (Å²) in [5.74, 6) is 0. The van der Waals surface area contributed by atoms with E-state index < -0.39 is 15.6 Å². The number of rotatable bonds is 5. The van der Waals surface area contributed by atoms with Crippen LogP contribution in [0.1, 0.15) is 20.3 Å². The highest BCUT2D eigenvalue weighted by atomic mass is 32.2. The van der Waals surface area contributed by atoms with Gasteiger partial charge >= 0.3 is 0 Å². The lowest BCUT2D eigenvalue weighted by atomic mass is 9.99. The van der Waals surface area contributed by atoms with Crippen LogP contribution in [0.15, 0.2) is 23.1 Å². The molecule has 0 saturated carbocycles. The predicted octanol–water partition coefficient (Wildman–Crippen LogP) is 0.489. The summed E-state index contributed by atoms with van der Waals surface area (Å²) in [6, 6.07) is 4.21. The van der Waals surface area contributed by atoms with Gasteiger partial charge in [-0.1, -0.05) is 6.92 Å². The molecule has 0 aliphatic carbocycles. The van der Waals surface area contributed by atoms with E-state index in [1.165, 1.54) is 12.1 Å². The van der Waals surface area contributed by atoms with E-state index in [9.17, 15) is 13.5 Å². The second-order valence-corrected chi connectivity index (χ2v) is 6.05. The van der Waals surface area contributed by atoms with Crippen molar-refractivity contribution in [2.75, 3.05) is 17.7 Å². The lowest BCUT2D eigenvalue weighted by Crippen LogP contribution is -2.38. The summed E-state index contributed by atoms with van der Waals surface area (Å²) in [4.78, 5) is -0.0345. The fraction of sp³-hybridized carbons (Fsp3) is 0.455. The number of benzene rings is 1. The van der Waals surface area contributed by atoms with Crippen molar-refractivity contribution < 1.29 is 13.5 Å². The van der Waals surface area contributed by atoms with E-state index in [1.807, 2.05) is 13.8 Å². The van der Waals surface area contributed by atoms with Crippen LogP contribution in [0.5, 0.6) is 0 Å². The van der Waals surface area contributed by atoms with Crippen molar-refractivity contribution in [3.63, 3.8) is 0 Å². The Bertz CT molecular complexity index is 524. The van der Waals surface area contributed by atoms with Crippen LogP contribution in [0.3, 0.4) is 0 Å². The standard InChI is InChI=1S/C11H19N3O3S/c1-3-11(2,7-15)14-10-5-4-8(6-9(10)12)18(13,16)17/h4-6,14-15H,3,7,12H2,1-2H3,(H2,13,16,17). The van der Waals surface area contributed by atoms with Crippen LogP contribution in [0.25, 0.3) is 0 Å². The Morgan fingerprint density at radius 1 is 1.44 bits per heavy atom. The summed E-state index contributed by atoms with van der Waals surface area (Å²) in [5.41, 5.74) is 6.11. The molecule has 0 heterocycles. The molecule has 0 saturated heterocycles. The molecule has 7 heteroatoms. The Kier molecular flexibility index (Phi) is 4.20. The molecule has 18 heavy (non-hydrogen) atoms. The minimum Gasteiger partial charge on any atom is -0.397 e. The quantitative estimate of drug-likeness (QED) is 0.582. The first-order chi connectivity index (χ1) is 8.22. The number of hydrogen-bond donors (Lipinski definition) is 4. The van der Waals surface area contributed by atoms with E-state index in [-0.39, 0.29) is 17.2 Å². The van der Waals surface area contributed by atoms with Crippen LogP contribution in [0.4, 0.5) is 11.4 Å². The van der Waals surface area contributed by atoms with Gasteiger partial charge in [0.25, 0.3) is 0 Å². The van der Waals surface area contributed by atoms with Gasteiger partial charge in [-0.2, -0.15) is 0 Å². The smallest absolute Gasteiger partial charge is 0.238 e. The van der Waals surface area contributed by atoms with Crippen molar-refractivity contribution in [1.82, 2.24) is 0 Å². The minimum absolute atomic E-state index is 0.0345. The van der Waals surface area contributed by atoms with E-state index in [4.69, 9.17) is 10.9 Å². The zero-order valence-corrected chi connectivity index (χ0v) is 11.3. The van der Waals surface area contributed by atoms with Crippen LogP contribution in [0, 0.1) is 0 Å². The maximum atomic E-state index is 11.2. The number of sulfonamides is 1. The Morgan fingerprint density at radius 3 is 2.44 bits per heavy atom. The van der Waals surface area contributed by atoms with Crippen LogP contribution >= 0.6 is 0 Å². The maximum absolute atomic E-state index is 11.2. The van der Waals surface area contributed by atoms with Crippen molar-refractivity contribution >= 4 is 21.4 Å². The molecule has 0 amide bonds. The number of nitrogens with one attached hydrogen (secondary N) is 1. The Labute approximate surface area is 107 Å². The number of hydrogen-bond acceptors (Lipinski definition) is 5. The Hall–Kier alpha value is -1.31. The van der Waals surface area contributed by atoms with Crippen molar-refractivity contribution in [3.8, 4) is 0 Å². The summed E-state index contributed by atoms with van der Waals surface area (Å²) in [6.45, 7) is 3.72. The second-order valence-electron chi connectivity index (χ2n) is 4.49. The third-order valence-electron chi connectivity index (χ3n) is 2.92. The van der Waals surface area contributed by atoms with E-state index in [0.29, 0.717) is 12.1 Å². The van der Waals surface area contributed by atoms with Gasteiger partial charge in [0.2, 0.25) is 10.0 Å². The van der Waals surface area contributed by atoms with Gasteiger partial charge in [0.05, 0.1) is 28.4 Å². The zero-order valence-electron chi connectivity index (χ0n) is 10.5. The van der Waals surface area contributed by atoms with Gasteiger partial charge in [-0.05, 0) is 31.5 Å². The number of aliphatic hydroxyl groups excluding tert-OH is 1. The highest BCUT2D eigenvalue weighted by molar-refractivity contribution is 7.89. The number of nitrogen functional groups attached to an aromatic ring is 1. The average molecular weight is 273 g/mol. The van der Waals surface area contributed by atoms with Gasteiger partial charge in [0.1, 0.15) is 0 Å². The Morgan fingerprint density at radius 2 is 2.06 bits per heavy atom. The first-order valence-corrected chi connectivity index (χ1v) is 7.08. The number of nitrogens with two attached hydrogens (primary N) is 2. The molecule has 1 aromatic carbocycles. The van der Waals surface area contributed by atoms with Gasteiger partial charge in [-0.15, -0.1) is 0 Å². The summed E-state index contributed by atoms with van der Waals surface area (Å²) in [6.07, 6.45) is 0.694. The van der Waals surface area contributed by atoms with Gasteiger partial charge < -0.3 is 16.2 Å². The van der Waals surface area contributed by atoms with E-state index in [1.54, 1.807) is 6.07 Å². The third-order valence-corrected chi connectivity index (χ3v) is 3.83. The molecule has 102 valence electrons. The molecule has 0 aliphatic rings. The molecule has 6 nitrogen and oxygen atoms in total. The summed E-state index contributed by atoms with van der Waals surface area (Å²) in [7, 11) is -3.75. The molecular formula is C11H19N3O3S. The molecule has 1 aromatic rings. The number of anilines is 2. The highest BCUT2D eigenvalue weighted by Gasteiger charge is 2.21. The molecule has 6 N–H and O–H groups in total. The fourth-order valence-corrected chi connectivity index (χ4v) is 1.95. The van der Waals surface area contributed by atoms with E-state index in [2.05, 4.69) is 5.32 Å². The molecule has 0 aromatic heterocycles. The molecule has 0 radical (unpaired) electrons. The largest absolute Gasteiger partial charge is 0.397 e. The predicted molar refractivity (Wildman–Crippen MR) is 71.6 cm³/mol. The van der Waals surface area contributed by atoms with Gasteiger partial charge in [0.15, 0.2) is 0 Å². The van der Waals surface area contributed by atoms with Crippen LogP contribution < -0.4 is 16.2 Å². The molecule has 0 fully saturated rings. The second kappa shape index (κ2) is 5.13. The molecule has 0 bridgehead atoms. The Balaban J connectivity index is 3.08.